The highest BCUT2D eigenvalue weighted by Gasteiger charge is 2.25. The molecule has 0 saturated carbocycles. The summed E-state index contributed by atoms with van der Waals surface area (Å²) >= 11 is 0. The highest BCUT2D eigenvalue weighted by molar-refractivity contribution is 6.11. The Kier molecular flexibility index (Phi) is 4.62. The lowest BCUT2D eigenvalue weighted by atomic mass is 10.2. The van der Waals surface area contributed by atoms with Gasteiger partial charge in [0.2, 0.25) is 0 Å². The first-order valence-electron chi connectivity index (χ1n) is 8.70. The molecule has 0 saturated heterocycles. The van der Waals surface area contributed by atoms with E-state index in [0.29, 0.717) is 35.3 Å². The highest BCUT2D eigenvalue weighted by atomic mass is 19.1. The Morgan fingerprint density at radius 1 is 1.14 bits per heavy atom. The molecule has 8 heteroatoms. The first-order chi connectivity index (χ1) is 13.6. The first-order valence-corrected chi connectivity index (χ1v) is 8.70. The van der Waals surface area contributed by atoms with E-state index in [1.54, 1.807) is 37.4 Å². The number of carbonyl (C=O) groups is 1. The van der Waals surface area contributed by atoms with E-state index in [4.69, 9.17) is 10.5 Å². The van der Waals surface area contributed by atoms with Gasteiger partial charge >= 0.3 is 0 Å². The van der Waals surface area contributed by atoms with Crippen LogP contribution in [0, 0.1) is 5.82 Å². The summed E-state index contributed by atoms with van der Waals surface area (Å²) in [6.07, 6.45) is 0. The van der Waals surface area contributed by atoms with Gasteiger partial charge in [-0.25, -0.2) is 14.4 Å². The molecule has 0 aliphatic carbocycles. The maximum atomic E-state index is 14.5. The van der Waals surface area contributed by atoms with Gasteiger partial charge in [0.05, 0.1) is 23.3 Å². The number of nitrogen functional groups attached to an aromatic ring is 1. The van der Waals surface area contributed by atoms with E-state index < -0.39 is 11.7 Å². The van der Waals surface area contributed by atoms with Gasteiger partial charge in [-0.05, 0) is 24.3 Å². The minimum atomic E-state index is -0.479. The Hall–Kier alpha value is -3.52. The Balaban J connectivity index is 2.00. The van der Waals surface area contributed by atoms with Gasteiger partial charge in [-0.15, -0.1) is 0 Å². The molecular weight excluding hydrogens is 361 g/mol. The Morgan fingerprint density at radius 3 is 2.54 bits per heavy atom. The van der Waals surface area contributed by atoms with Crippen molar-refractivity contribution in [2.45, 2.75) is 0 Å². The zero-order valence-corrected chi connectivity index (χ0v) is 15.1. The van der Waals surface area contributed by atoms with Crippen molar-refractivity contribution in [1.29, 1.82) is 0 Å². The third kappa shape index (κ3) is 2.93. The van der Waals surface area contributed by atoms with Gasteiger partial charge in [0.15, 0.2) is 5.65 Å². The lowest BCUT2D eigenvalue weighted by Crippen LogP contribution is -2.27. The van der Waals surface area contributed by atoms with Crippen molar-refractivity contribution in [3.05, 3.63) is 59.9 Å². The van der Waals surface area contributed by atoms with Crippen LogP contribution in [0.1, 0.15) is 10.4 Å². The normalized spacial score (nSPS) is 11.2. The number of fused-ring (bicyclic) bond motifs is 2. The summed E-state index contributed by atoms with van der Waals surface area (Å²) < 4.78 is 20.9. The SMILES string of the molecule is COCCNC(=O)c1c(N)n(-c2ccccc2F)c2nc3ccccc3nc12. The molecule has 0 radical (unpaired) electrons. The molecule has 0 spiro atoms. The molecular formula is C20H18FN5O2. The summed E-state index contributed by atoms with van der Waals surface area (Å²) in [5.74, 6) is -0.822. The average molecular weight is 379 g/mol. The second-order valence-electron chi connectivity index (χ2n) is 6.18. The van der Waals surface area contributed by atoms with Crippen LogP contribution in [-0.2, 0) is 4.74 Å². The average Bonchev–Trinajstić information content (AvgIpc) is 2.97. The third-order valence-corrected chi connectivity index (χ3v) is 4.41. The molecule has 0 bridgehead atoms. The molecule has 28 heavy (non-hydrogen) atoms. The molecule has 2 aromatic carbocycles. The van der Waals surface area contributed by atoms with Crippen molar-refractivity contribution in [2.24, 2.45) is 0 Å². The van der Waals surface area contributed by atoms with Crippen LogP contribution in [0.25, 0.3) is 27.9 Å². The van der Waals surface area contributed by atoms with Crippen LogP contribution in [0.3, 0.4) is 0 Å². The Bertz CT molecular complexity index is 1190. The zero-order chi connectivity index (χ0) is 19.7. The molecule has 0 unspecified atom stereocenters. The second kappa shape index (κ2) is 7.24. The predicted molar refractivity (Wildman–Crippen MR) is 105 cm³/mol. The number of nitrogens with two attached hydrogens (primary N) is 1. The van der Waals surface area contributed by atoms with E-state index in [-0.39, 0.29) is 17.1 Å². The lowest BCUT2D eigenvalue weighted by molar-refractivity contribution is 0.0939. The van der Waals surface area contributed by atoms with Gasteiger partial charge in [0.25, 0.3) is 5.91 Å². The van der Waals surface area contributed by atoms with Crippen LogP contribution < -0.4 is 11.1 Å². The number of amides is 1. The fourth-order valence-corrected chi connectivity index (χ4v) is 3.12. The number of methoxy groups -OCH3 is 1. The maximum Gasteiger partial charge on any atom is 0.257 e. The molecule has 0 fully saturated rings. The molecule has 0 atom stereocenters. The number of para-hydroxylation sites is 3. The summed E-state index contributed by atoms with van der Waals surface area (Å²) in [6, 6.07) is 13.4. The number of hydrogen-bond acceptors (Lipinski definition) is 5. The number of ether oxygens (including phenoxy) is 1. The summed E-state index contributed by atoms with van der Waals surface area (Å²) in [5, 5.41) is 2.74. The van der Waals surface area contributed by atoms with Crippen molar-refractivity contribution in [1.82, 2.24) is 19.9 Å². The summed E-state index contributed by atoms with van der Waals surface area (Å²) in [4.78, 5) is 22.0. The summed E-state index contributed by atoms with van der Waals surface area (Å²) in [7, 11) is 1.54. The topological polar surface area (TPSA) is 95.1 Å². The number of halogens is 1. The quantitative estimate of drug-likeness (QED) is 0.520. The molecule has 2 heterocycles. The molecule has 4 aromatic rings. The van der Waals surface area contributed by atoms with E-state index in [1.807, 2.05) is 12.1 Å². The van der Waals surface area contributed by atoms with Crippen molar-refractivity contribution in [2.75, 3.05) is 26.0 Å². The van der Waals surface area contributed by atoms with Gasteiger partial charge < -0.3 is 15.8 Å². The van der Waals surface area contributed by atoms with Crippen molar-refractivity contribution in [3.8, 4) is 5.69 Å². The molecule has 0 aliphatic heterocycles. The van der Waals surface area contributed by atoms with Crippen LogP contribution in [0.4, 0.5) is 10.2 Å². The monoisotopic (exact) mass is 379 g/mol. The van der Waals surface area contributed by atoms with E-state index in [1.165, 1.54) is 10.6 Å². The van der Waals surface area contributed by atoms with Crippen LogP contribution in [-0.4, -0.2) is 40.7 Å². The molecule has 0 aliphatic rings. The molecule has 7 nitrogen and oxygen atoms in total. The lowest BCUT2D eigenvalue weighted by Gasteiger charge is -2.09. The van der Waals surface area contributed by atoms with Crippen LogP contribution in [0.15, 0.2) is 48.5 Å². The van der Waals surface area contributed by atoms with Crippen LogP contribution >= 0.6 is 0 Å². The number of nitrogens with one attached hydrogen (secondary N) is 1. The van der Waals surface area contributed by atoms with E-state index in [2.05, 4.69) is 15.3 Å². The van der Waals surface area contributed by atoms with Crippen LogP contribution in [0.5, 0.6) is 0 Å². The van der Waals surface area contributed by atoms with Gasteiger partial charge in [0.1, 0.15) is 22.7 Å². The number of carbonyl (C=O) groups excluding carboxylic acids is 1. The van der Waals surface area contributed by atoms with Crippen molar-refractivity contribution in [3.63, 3.8) is 0 Å². The third-order valence-electron chi connectivity index (χ3n) is 4.41. The minimum Gasteiger partial charge on any atom is -0.384 e. The van der Waals surface area contributed by atoms with Crippen molar-refractivity contribution < 1.29 is 13.9 Å². The minimum absolute atomic E-state index is 0.0744. The molecule has 3 N–H and O–H groups in total. The highest BCUT2D eigenvalue weighted by Crippen LogP contribution is 2.31. The molecule has 2 aromatic heterocycles. The maximum absolute atomic E-state index is 14.5. The Labute approximate surface area is 160 Å². The van der Waals surface area contributed by atoms with Crippen LogP contribution in [0.2, 0.25) is 0 Å². The largest absolute Gasteiger partial charge is 0.384 e. The van der Waals surface area contributed by atoms with Gasteiger partial charge in [-0.3, -0.25) is 9.36 Å². The number of benzene rings is 2. The number of rotatable bonds is 5. The fourth-order valence-electron chi connectivity index (χ4n) is 3.12. The second-order valence-corrected chi connectivity index (χ2v) is 6.18. The number of aromatic nitrogens is 3. The van der Waals surface area contributed by atoms with E-state index in [9.17, 15) is 9.18 Å². The fraction of sp³-hybridized carbons (Fsp3) is 0.150. The van der Waals surface area contributed by atoms with Crippen molar-refractivity contribution >= 4 is 33.9 Å². The Morgan fingerprint density at radius 2 is 1.82 bits per heavy atom. The molecule has 4 rings (SSSR count). The number of anilines is 1. The van der Waals surface area contributed by atoms with E-state index in [0.717, 1.165) is 0 Å². The zero-order valence-electron chi connectivity index (χ0n) is 15.1. The van der Waals surface area contributed by atoms with Gasteiger partial charge in [-0.2, -0.15) is 0 Å². The smallest absolute Gasteiger partial charge is 0.257 e. The van der Waals surface area contributed by atoms with E-state index >= 15 is 0 Å². The van der Waals surface area contributed by atoms with Gasteiger partial charge in [-0.1, -0.05) is 24.3 Å². The number of hydrogen-bond donors (Lipinski definition) is 2. The summed E-state index contributed by atoms with van der Waals surface area (Å²) in [5.41, 5.74) is 8.54. The van der Waals surface area contributed by atoms with Gasteiger partial charge in [0, 0.05) is 13.7 Å². The number of nitrogens with zero attached hydrogens (tertiary/aromatic N) is 3. The first kappa shape index (κ1) is 17.9. The molecule has 1 amide bonds. The molecule has 142 valence electrons. The summed E-state index contributed by atoms with van der Waals surface area (Å²) in [6.45, 7) is 0.661. The standard InChI is InChI=1S/C20H18FN5O2/c1-28-11-10-23-20(27)16-17-19(25-14-8-4-3-7-13(14)24-17)26(18(16)22)15-9-5-2-6-12(15)21/h2-9H,10-11,22H2,1H3,(H,23,27). The predicted octanol–water partition coefficient (Wildman–Crippen LogP) is 2.67.